The van der Waals surface area contributed by atoms with E-state index in [1.807, 2.05) is 20.8 Å². The summed E-state index contributed by atoms with van der Waals surface area (Å²) in [5, 5.41) is 7.97. The van der Waals surface area contributed by atoms with Crippen molar-refractivity contribution in [2.45, 2.75) is 64.8 Å². The van der Waals surface area contributed by atoms with Crippen molar-refractivity contribution in [3.05, 3.63) is 54.1 Å². The van der Waals surface area contributed by atoms with Gasteiger partial charge in [-0.3, -0.25) is 4.90 Å². The SMILES string of the molecule is Cc1cn(C[C@H]2CN(c3ccc(-n4cnc(C(C)(C)O[Si]C(C)(C)C)c4)c(F)c3)C(=O)O2)nn1. The largest absolute Gasteiger partial charge is 0.442 e. The zero-order chi connectivity index (χ0) is 24.7. The fourth-order valence-electron chi connectivity index (χ4n) is 3.49. The van der Waals surface area contributed by atoms with Crippen LogP contribution in [-0.2, 0) is 21.3 Å². The first-order chi connectivity index (χ1) is 15.9. The first-order valence-corrected chi connectivity index (χ1v) is 12.0. The number of amides is 1. The van der Waals surface area contributed by atoms with E-state index in [-0.39, 0.29) is 5.04 Å². The van der Waals surface area contributed by atoms with Crippen LogP contribution < -0.4 is 4.90 Å². The predicted octanol–water partition coefficient (Wildman–Crippen LogP) is 4.03. The second-order valence-electron chi connectivity index (χ2n) is 9.96. The summed E-state index contributed by atoms with van der Waals surface area (Å²) >= 11 is 0. The minimum atomic E-state index is -0.607. The molecule has 0 saturated carbocycles. The molecular formula is C23H29FN6O3Si. The number of hydrogen-bond acceptors (Lipinski definition) is 6. The fourth-order valence-corrected chi connectivity index (χ4v) is 4.16. The van der Waals surface area contributed by atoms with Gasteiger partial charge in [-0.15, -0.1) is 5.10 Å². The van der Waals surface area contributed by atoms with Gasteiger partial charge in [-0.05, 0) is 44.0 Å². The molecule has 0 aliphatic carbocycles. The number of imidazole rings is 1. The molecule has 180 valence electrons. The van der Waals surface area contributed by atoms with Crippen LogP contribution in [0.1, 0.15) is 46.0 Å². The molecule has 34 heavy (non-hydrogen) atoms. The van der Waals surface area contributed by atoms with Gasteiger partial charge < -0.3 is 13.7 Å². The van der Waals surface area contributed by atoms with E-state index in [1.165, 1.54) is 11.0 Å². The highest BCUT2D eigenvalue weighted by Gasteiger charge is 2.33. The molecule has 9 nitrogen and oxygen atoms in total. The Morgan fingerprint density at radius 3 is 2.65 bits per heavy atom. The van der Waals surface area contributed by atoms with Crippen LogP contribution in [0.3, 0.4) is 0 Å². The van der Waals surface area contributed by atoms with Crippen molar-refractivity contribution in [2.75, 3.05) is 11.4 Å². The highest BCUT2D eigenvalue weighted by molar-refractivity contribution is 6.31. The molecule has 1 saturated heterocycles. The summed E-state index contributed by atoms with van der Waals surface area (Å²) in [6.45, 7) is 12.8. The highest BCUT2D eigenvalue weighted by atomic mass is 28.2. The number of carbonyl (C=O) groups is 1. The Morgan fingerprint density at radius 1 is 1.24 bits per heavy atom. The maximum Gasteiger partial charge on any atom is 0.414 e. The maximum atomic E-state index is 15.1. The molecule has 1 aromatic carbocycles. The molecule has 1 aliphatic rings. The van der Waals surface area contributed by atoms with Gasteiger partial charge in [0.2, 0.25) is 9.76 Å². The van der Waals surface area contributed by atoms with Gasteiger partial charge in [-0.1, -0.05) is 26.0 Å². The standard InChI is InChI=1S/C23H29FN6O3Si/c1-15-10-29(27-26-15)11-17-12-30(21(31)32-17)16-7-8-19(18(24)9-16)28-13-20(25-14-28)23(5,6)33-34-22(2,3)4/h7-10,13-14,17H,11-12H2,1-6H3/t17-/m0/s1. The smallest absolute Gasteiger partial charge is 0.414 e. The maximum absolute atomic E-state index is 15.1. The van der Waals surface area contributed by atoms with E-state index in [1.54, 1.807) is 40.1 Å². The number of nitrogens with zero attached hydrogens (tertiary/aromatic N) is 6. The molecule has 1 fully saturated rings. The van der Waals surface area contributed by atoms with E-state index >= 15 is 4.39 Å². The summed E-state index contributed by atoms with van der Waals surface area (Å²) in [4.78, 5) is 18.3. The number of ether oxygens (including phenoxy) is 1. The van der Waals surface area contributed by atoms with Crippen molar-refractivity contribution < 1.29 is 18.3 Å². The molecule has 1 aliphatic heterocycles. The van der Waals surface area contributed by atoms with Gasteiger partial charge in [0.15, 0.2) is 0 Å². The van der Waals surface area contributed by atoms with Crippen LogP contribution in [0.15, 0.2) is 36.9 Å². The zero-order valence-electron chi connectivity index (χ0n) is 20.2. The van der Waals surface area contributed by atoms with Gasteiger partial charge in [-0.2, -0.15) is 0 Å². The average molecular weight is 485 g/mol. The van der Waals surface area contributed by atoms with E-state index in [9.17, 15) is 4.79 Å². The van der Waals surface area contributed by atoms with E-state index in [0.717, 1.165) is 5.69 Å². The quantitative estimate of drug-likeness (QED) is 0.471. The Hall–Kier alpha value is -3.05. The number of aromatic nitrogens is 5. The molecule has 11 heteroatoms. The Labute approximate surface area is 200 Å². The van der Waals surface area contributed by atoms with E-state index in [0.29, 0.717) is 39.9 Å². The second kappa shape index (κ2) is 8.95. The normalized spacial score (nSPS) is 16.9. The molecule has 3 aromatic rings. The molecule has 2 aromatic heterocycles. The summed E-state index contributed by atoms with van der Waals surface area (Å²) in [6.07, 6.45) is 4.20. The van der Waals surface area contributed by atoms with Crippen LogP contribution in [0, 0.1) is 12.7 Å². The first kappa shape index (κ1) is 24.1. The number of hydrogen-bond donors (Lipinski definition) is 0. The van der Waals surface area contributed by atoms with Crippen molar-refractivity contribution in [1.82, 2.24) is 24.5 Å². The minimum Gasteiger partial charge on any atom is -0.442 e. The number of aryl methyl sites for hydroxylation is 1. The van der Waals surface area contributed by atoms with Crippen LogP contribution in [0.5, 0.6) is 0 Å². The summed E-state index contributed by atoms with van der Waals surface area (Å²) < 4.78 is 29.9. The van der Waals surface area contributed by atoms with Crippen LogP contribution >= 0.6 is 0 Å². The van der Waals surface area contributed by atoms with E-state index in [4.69, 9.17) is 9.16 Å². The van der Waals surface area contributed by atoms with E-state index < -0.39 is 23.6 Å². The molecular weight excluding hydrogens is 455 g/mol. The lowest BCUT2D eigenvalue weighted by Gasteiger charge is -2.27. The highest BCUT2D eigenvalue weighted by Crippen LogP contribution is 2.30. The number of cyclic esters (lactones) is 1. The molecule has 4 rings (SSSR count). The average Bonchev–Trinajstić information content (AvgIpc) is 3.47. The third-order valence-electron chi connectivity index (χ3n) is 5.25. The Balaban J connectivity index is 1.47. The number of benzene rings is 1. The van der Waals surface area contributed by atoms with Gasteiger partial charge in [-0.25, -0.2) is 18.9 Å². The van der Waals surface area contributed by atoms with Crippen molar-refractivity contribution in [3.8, 4) is 5.69 Å². The number of rotatable bonds is 7. The van der Waals surface area contributed by atoms with Gasteiger partial charge in [0, 0.05) is 12.4 Å². The topological polar surface area (TPSA) is 87.3 Å². The number of halogens is 1. The van der Waals surface area contributed by atoms with Crippen LogP contribution in [0.2, 0.25) is 5.04 Å². The molecule has 0 bridgehead atoms. The third-order valence-corrected chi connectivity index (χ3v) is 6.48. The monoisotopic (exact) mass is 484 g/mol. The molecule has 0 spiro atoms. The lowest BCUT2D eigenvalue weighted by atomic mass is 10.1. The van der Waals surface area contributed by atoms with Gasteiger partial charge in [0.05, 0.1) is 47.8 Å². The Morgan fingerprint density at radius 2 is 2.00 bits per heavy atom. The number of carbonyl (C=O) groups excluding carboxylic acids is 1. The zero-order valence-corrected chi connectivity index (χ0v) is 21.2. The minimum absolute atomic E-state index is 0.0473. The molecule has 3 heterocycles. The van der Waals surface area contributed by atoms with Gasteiger partial charge in [0.1, 0.15) is 11.9 Å². The van der Waals surface area contributed by atoms with Crippen molar-refractivity contribution in [2.24, 2.45) is 0 Å². The molecule has 1 atom stereocenters. The molecule has 0 unspecified atom stereocenters. The van der Waals surface area contributed by atoms with Crippen LogP contribution in [0.25, 0.3) is 5.69 Å². The summed E-state index contributed by atoms with van der Waals surface area (Å²) in [6, 6.07) is 4.66. The molecule has 1 amide bonds. The summed E-state index contributed by atoms with van der Waals surface area (Å²) in [5.41, 5.74) is 1.65. The molecule has 2 radical (unpaired) electrons. The summed E-state index contributed by atoms with van der Waals surface area (Å²) in [7, 11) is 0.298. The van der Waals surface area contributed by atoms with Crippen molar-refractivity contribution in [1.29, 1.82) is 0 Å². The Kier molecular flexibility index (Phi) is 6.34. The third kappa shape index (κ3) is 5.36. The van der Waals surface area contributed by atoms with Crippen LogP contribution in [0.4, 0.5) is 14.9 Å². The van der Waals surface area contributed by atoms with Gasteiger partial charge in [0.25, 0.3) is 0 Å². The van der Waals surface area contributed by atoms with Crippen molar-refractivity contribution >= 4 is 21.5 Å². The lowest BCUT2D eigenvalue weighted by Crippen LogP contribution is -2.28. The van der Waals surface area contributed by atoms with E-state index in [2.05, 4.69) is 36.1 Å². The number of anilines is 1. The van der Waals surface area contributed by atoms with Gasteiger partial charge >= 0.3 is 6.09 Å². The first-order valence-electron chi connectivity index (χ1n) is 11.1. The summed E-state index contributed by atoms with van der Waals surface area (Å²) in [5.74, 6) is -0.472. The second-order valence-corrected chi connectivity index (χ2v) is 11.9. The predicted molar refractivity (Wildman–Crippen MR) is 125 cm³/mol. The van der Waals surface area contributed by atoms with Crippen molar-refractivity contribution in [3.63, 3.8) is 0 Å². The fraction of sp³-hybridized carbons (Fsp3) is 0.478. The lowest BCUT2D eigenvalue weighted by molar-refractivity contribution is 0.105. The van der Waals surface area contributed by atoms with Crippen LogP contribution in [-0.4, -0.2) is 53.1 Å². The molecule has 0 N–H and O–H groups in total. The Bertz CT molecular complexity index is 1190.